The molecular formula is C19H21ClN4OS. The number of amidine groups is 2. The van der Waals surface area contributed by atoms with Crippen LogP contribution in [0.4, 0.5) is 5.00 Å². The first-order valence-electron chi connectivity index (χ1n) is 8.22. The minimum absolute atomic E-state index is 0.255. The highest BCUT2D eigenvalue weighted by Gasteiger charge is 2.33. The number of fused-ring (bicyclic) bond motifs is 1. The SMILES string of the molecule is COC[C@@H]1N=C(c2ccc(Cl)cc2)c2c(sc(C)c2C)N(C(C)=N)C1=N. The van der Waals surface area contributed by atoms with Gasteiger partial charge in [-0.25, -0.2) is 0 Å². The Morgan fingerprint density at radius 3 is 2.54 bits per heavy atom. The van der Waals surface area contributed by atoms with Crippen LogP contribution in [-0.2, 0) is 4.74 Å². The van der Waals surface area contributed by atoms with E-state index in [0.717, 1.165) is 32.3 Å². The number of ether oxygens (including phenoxy) is 1. The zero-order valence-electron chi connectivity index (χ0n) is 15.2. The maximum absolute atomic E-state index is 8.66. The highest BCUT2D eigenvalue weighted by Crippen LogP contribution is 2.39. The molecule has 7 heteroatoms. The summed E-state index contributed by atoms with van der Waals surface area (Å²) in [5, 5.41) is 18.4. The molecule has 0 fully saturated rings. The summed E-state index contributed by atoms with van der Waals surface area (Å²) < 4.78 is 5.31. The molecule has 2 aromatic rings. The third-order valence-electron chi connectivity index (χ3n) is 4.43. The maximum Gasteiger partial charge on any atom is 0.134 e. The Bertz CT molecular complexity index is 901. The van der Waals surface area contributed by atoms with Crippen LogP contribution in [0, 0.1) is 24.7 Å². The number of anilines is 1. The van der Waals surface area contributed by atoms with Gasteiger partial charge in [0.25, 0.3) is 0 Å². The van der Waals surface area contributed by atoms with Gasteiger partial charge >= 0.3 is 0 Å². The lowest BCUT2D eigenvalue weighted by Crippen LogP contribution is -2.41. The molecule has 3 rings (SSSR count). The van der Waals surface area contributed by atoms with Crippen molar-refractivity contribution in [1.82, 2.24) is 0 Å². The van der Waals surface area contributed by atoms with Crippen LogP contribution >= 0.6 is 22.9 Å². The van der Waals surface area contributed by atoms with Crippen molar-refractivity contribution >= 4 is 45.3 Å². The Hall–Kier alpha value is -2.02. The average Bonchev–Trinajstić information content (AvgIpc) is 2.80. The summed E-state index contributed by atoms with van der Waals surface area (Å²) in [5.41, 5.74) is 3.85. The summed E-state index contributed by atoms with van der Waals surface area (Å²) in [6.07, 6.45) is 0. The van der Waals surface area contributed by atoms with E-state index in [1.807, 2.05) is 24.3 Å². The molecule has 1 atom stereocenters. The molecule has 1 aromatic heterocycles. The Morgan fingerprint density at radius 2 is 1.96 bits per heavy atom. The van der Waals surface area contributed by atoms with Crippen molar-refractivity contribution in [2.45, 2.75) is 26.8 Å². The second-order valence-electron chi connectivity index (χ2n) is 6.23. The molecule has 0 aliphatic carbocycles. The molecule has 26 heavy (non-hydrogen) atoms. The predicted octanol–water partition coefficient (Wildman–Crippen LogP) is 4.67. The van der Waals surface area contributed by atoms with Crippen LogP contribution in [-0.4, -0.2) is 37.1 Å². The van der Waals surface area contributed by atoms with Crippen LogP contribution < -0.4 is 4.90 Å². The molecule has 0 spiro atoms. The number of hydrogen-bond acceptors (Lipinski definition) is 5. The average molecular weight is 389 g/mol. The first kappa shape index (κ1) is 18.8. The summed E-state index contributed by atoms with van der Waals surface area (Å²) in [4.78, 5) is 7.72. The van der Waals surface area contributed by atoms with Gasteiger partial charge in [0.2, 0.25) is 0 Å². The quantitative estimate of drug-likeness (QED) is 0.592. The first-order chi connectivity index (χ1) is 12.3. The van der Waals surface area contributed by atoms with Crippen LogP contribution in [0.25, 0.3) is 0 Å². The third kappa shape index (κ3) is 3.20. The standard InChI is InChI=1S/C19H21ClN4OS/c1-10-11(2)26-19-16(10)17(13-5-7-14(20)8-6-13)23-15(9-25-4)18(22)24(19)12(3)21/h5-8,15,21-22H,9H2,1-4H3/t15-/m0/s1. The third-order valence-corrected chi connectivity index (χ3v) is 5.87. The number of halogens is 1. The Morgan fingerprint density at radius 1 is 1.31 bits per heavy atom. The molecule has 0 radical (unpaired) electrons. The van der Waals surface area contributed by atoms with Crippen LogP contribution in [0.2, 0.25) is 5.02 Å². The fraction of sp³-hybridized carbons (Fsp3) is 0.316. The van der Waals surface area contributed by atoms with Gasteiger partial charge in [-0.05, 0) is 38.5 Å². The van der Waals surface area contributed by atoms with Crippen LogP contribution in [0.15, 0.2) is 29.3 Å². The summed E-state index contributed by atoms with van der Waals surface area (Å²) >= 11 is 7.65. The number of benzene rings is 1. The maximum atomic E-state index is 8.66. The highest BCUT2D eigenvalue weighted by atomic mass is 35.5. The monoisotopic (exact) mass is 388 g/mol. The van der Waals surface area contributed by atoms with Crippen molar-refractivity contribution < 1.29 is 4.74 Å². The molecule has 0 saturated carbocycles. The number of nitrogens with zero attached hydrogens (tertiary/aromatic N) is 2. The summed E-state index contributed by atoms with van der Waals surface area (Å²) in [5.74, 6) is 0.553. The molecule has 2 heterocycles. The van der Waals surface area contributed by atoms with E-state index in [1.165, 1.54) is 0 Å². The smallest absolute Gasteiger partial charge is 0.134 e. The van der Waals surface area contributed by atoms with Gasteiger partial charge in [0.15, 0.2) is 0 Å². The number of rotatable bonds is 3. The lowest BCUT2D eigenvalue weighted by atomic mass is 10.00. The van der Waals surface area contributed by atoms with Crippen molar-refractivity contribution in [3.63, 3.8) is 0 Å². The van der Waals surface area contributed by atoms with E-state index in [1.54, 1.807) is 30.3 Å². The number of methoxy groups -OCH3 is 1. The van der Waals surface area contributed by atoms with E-state index < -0.39 is 6.04 Å². The molecule has 2 N–H and O–H groups in total. The van der Waals surface area contributed by atoms with Crippen molar-refractivity contribution in [2.75, 3.05) is 18.6 Å². The number of hydrogen-bond donors (Lipinski definition) is 2. The van der Waals surface area contributed by atoms with Gasteiger partial charge in [-0.3, -0.25) is 20.7 Å². The molecule has 0 amide bonds. The molecule has 0 bridgehead atoms. The number of thiophene rings is 1. The zero-order chi connectivity index (χ0) is 19.0. The van der Waals surface area contributed by atoms with Gasteiger partial charge in [0, 0.05) is 28.1 Å². The number of nitrogens with one attached hydrogen (secondary N) is 2. The predicted molar refractivity (Wildman–Crippen MR) is 110 cm³/mol. The summed E-state index contributed by atoms with van der Waals surface area (Å²) in [6, 6.07) is 7.09. The van der Waals surface area contributed by atoms with E-state index in [2.05, 4.69) is 13.8 Å². The lowest BCUT2D eigenvalue weighted by molar-refractivity contribution is 0.196. The van der Waals surface area contributed by atoms with Crippen LogP contribution in [0.3, 0.4) is 0 Å². The largest absolute Gasteiger partial charge is 0.382 e. The lowest BCUT2D eigenvalue weighted by Gasteiger charge is -2.24. The second-order valence-corrected chi connectivity index (χ2v) is 7.86. The number of aliphatic imine (C=N–C) groups is 1. The molecule has 1 aromatic carbocycles. The van der Waals surface area contributed by atoms with Crippen molar-refractivity contribution in [1.29, 1.82) is 10.8 Å². The van der Waals surface area contributed by atoms with E-state index in [9.17, 15) is 0 Å². The minimum atomic E-state index is -0.481. The first-order valence-corrected chi connectivity index (χ1v) is 9.41. The van der Waals surface area contributed by atoms with Gasteiger partial charge in [-0.1, -0.05) is 23.7 Å². The topological polar surface area (TPSA) is 72.5 Å². The molecule has 0 unspecified atom stereocenters. The van der Waals surface area contributed by atoms with E-state index >= 15 is 0 Å². The van der Waals surface area contributed by atoms with E-state index in [4.69, 9.17) is 32.1 Å². The molecule has 1 aliphatic rings. The summed E-state index contributed by atoms with van der Waals surface area (Å²) in [6.45, 7) is 6.10. The Kier molecular flexibility index (Phi) is 5.27. The highest BCUT2D eigenvalue weighted by molar-refractivity contribution is 7.17. The fourth-order valence-electron chi connectivity index (χ4n) is 3.02. The van der Waals surface area contributed by atoms with Gasteiger partial charge in [0.1, 0.15) is 22.7 Å². The molecule has 136 valence electrons. The zero-order valence-corrected chi connectivity index (χ0v) is 16.8. The molecule has 0 saturated heterocycles. The van der Waals surface area contributed by atoms with Gasteiger partial charge in [-0.2, -0.15) is 0 Å². The number of aryl methyl sites for hydroxylation is 1. The van der Waals surface area contributed by atoms with Crippen LogP contribution in [0.5, 0.6) is 0 Å². The molecular weight excluding hydrogens is 368 g/mol. The minimum Gasteiger partial charge on any atom is -0.382 e. The van der Waals surface area contributed by atoms with Crippen LogP contribution in [0.1, 0.15) is 28.5 Å². The Balaban J connectivity index is 2.30. The molecule has 5 nitrogen and oxygen atoms in total. The Labute approximate surface area is 162 Å². The van der Waals surface area contributed by atoms with Gasteiger partial charge < -0.3 is 4.74 Å². The van der Waals surface area contributed by atoms with E-state index in [0.29, 0.717) is 10.9 Å². The second kappa shape index (κ2) is 7.31. The normalized spacial score (nSPS) is 17.0. The fourth-order valence-corrected chi connectivity index (χ4v) is 4.37. The van der Waals surface area contributed by atoms with Crippen molar-refractivity contribution in [3.05, 3.63) is 50.9 Å². The molecule has 1 aliphatic heterocycles. The van der Waals surface area contributed by atoms with Gasteiger partial charge in [0.05, 0.1) is 12.3 Å². The van der Waals surface area contributed by atoms with Crippen molar-refractivity contribution in [2.24, 2.45) is 4.99 Å². The summed E-state index contributed by atoms with van der Waals surface area (Å²) in [7, 11) is 1.60. The van der Waals surface area contributed by atoms with Crippen molar-refractivity contribution in [3.8, 4) is 0 Å². The van der Waals surface area contributed by atoms with E-state index in [-0.39, 0.29) is 12.4 Å². The van der Waals surface area contributed by atoms with Gasteiger partial charge in [-0.15, -0.1) is 11.3 Å².